The van der Waals surface area contributed by atoms with Gasteiger partial charge in [-0.15, -0.1) is 0 Å². The number of nitrogens with one attached hydrogen (secondary N) is 1. The molecule has 0 bridgehead atoms. The van der Waals surface area contributed by atoms with Gasteiger partial charge in [0.15, 0.2) is 0 Å². The fourth-order valence-electron chi connectivity index (χ4n) is 4.14. The first-order chi connectivity index (χ1) is 16.5. The molecule has 2 amide bonds. The predicted molar refractivity (Wildman–Crippen MR) is 140 cm³/mol. The number of sulfonamides is 1. The molecule has 0 aromatic heterocycles. The van der Waals surface area contributed by atoms with Gasteiger partial charge in [0.2, 0.25) is 21.8 Å². The molecule has 0 heterocycles. The molecule has 0 aliphatic heterocycles. The number of amides is 2. The van der Waals surface area contributed by atoms with E-state index in [0.717, 1.165) is 47.4 Å². The minimum Gasteiger partial charge on any atom is -0.352 e. The summed E-state index contributed by atoms with van der Waals surface area (Å²) in [4.78, 5) is 28.1. The predicted octanol–water partition coefficient (Wildman–Crippen LogP) is 4.54. The highest BCUT2D eigenvalue weighted by atomic mass is 35.5. The zero-order valence-electron chi connectivity index (χ0n) is 20.1. The molecular weight excluding hydrogens is 509 g/mol. The average Bonchev–Trinajstić information content (AvgIpc) is 3.30. The number of carbonyl (C=O) groups is 2. The SMILES string of the molecule is Cc1ccc(CN(C(=O)CN(c2cc(Cl)ccc2Cl)S(C)(=O)=O)[C@@H](C)C(=O)NC2CCCC2)cc1. The van der Waals surface area contributed by atoms with Crippen LogP contribution in [0.4, 0.5) is 5.69 Å². The van der Waals surface area contributed by atoms with Crippen LogP contribution in [0.2, 0.25) is 10.0 Å². The summed E-state index contributed by atoms with van der Waals surface area (Å²) < 4.78 is 26.2. The number of hydrogen-bond donors (Lipinski definition) is 1. The van der Waals surface area contributed by atoms with E-state index in [2.05, 4.69) is 5.32 Å². The molecular formula is C25H31Cl2N3O4S. The second kappa shape index (κ2) is 11.6. The molecule has 10 heteroatoms. The number of anilines is 1. The maximum absolute atomic E-state index is 13.6. The maximum atomic E-state index is 13.6. The number of aryl methyl sites for hydroxylation is 1. The van der Waals surface area contributed by atoms with Crippen molar-refractivity contribution in [3.8, 4) is 0 Å². The summed E-state index contributed by atoms with van der Waals surface area (Å²) in [5.41, 5.74) is 2.00. The summed E-state index contributed by atoms with van der Waals surface area (Å²) in [6.07, 6.45) is 4.96. The van der Waals surface area contributed by atoms with Crippen LogP contribution in [0, 0.1) is 6.92 Å². The van der Waals surface area contributed by atoms with Crippen molar-refractivity contribution in [1.82, 2.24) is 10.2 Å². The first-order valence-electron chi connectivity index (χ1n) is 11.5. The summed E-state index contributed by atoms with van der Waals surface area (Å²) >= 11 is 12.3. The Balaban J connectivity index is 1.90. The van der Waals surface area contributed by atoms with E-state index in [1.165, 1.54) is 23.1 Å². The van der Waals surface area contributed by atoms with Gasteiger partial charge >= 0.3 is 0 Å². The highest BCUT2D eigenvalue weighted by Crippen LogP contribution is 2.31. The fraction of sp³-hybridized carbons (Fsp3) is 0.440. The molecule has 7 nitrogen and oxygen atoms in total. The van der Waals surface area contributed by atoms with Gasteiger partial charge in [-0.05, 0) is 50.5 Å². The molecule has 1 N–H and O–H groups in total. The molecule has 1 aliphatic rings. The van der Waals surface area contributed by atoms with Gasteiger partial charge in [0.05, 0.1) is 17.0 Å². The maximum Gasteiger partial charge on any atom is 0.244 e. The van der Waals surface area contributed by atoms with Gasteiger partial charge in [-0.3, -0.25) is 13.9 Å². The first kappa shape index (κ1) is 27.3. The normalized spacial score (nSPS) is 15.0. The zero-order chi connectivity index (χ0) is 25.8. The molecule has 0 unspecified atom stereocenters. The van der Waals surface area contributed by atoms with Crippen molar-refractivity contribution in [1.29, 1.82) is 0 Å². The lowest BCUT2D eigenvalue weighted by Crippen LogP contribution is -2.52. The van der Waals surface area contributed by atoms with Crippen molar-refractivity contribution in [2.24, 2.45) is 0 Å². The summed E-state index contributed by atoms with van der Waals surface area (Å²) in [5, 5.41) is 3.46. The number of benzene rings is 2. The minimum absolute atomic E-state index is 0.0964. The Bertz CT molecular complexity index is 1170. The number of nitrogens with zero attached hydrogens (tertiary/aromatic N) is 2. The van der Waals surface area contributed by atoms with Crippen molar-refractivity contribution in [3.05, 3.63) is 63.6 Å². The van der Waals surface area contributed by atoms with Crippen LogP contribution < -0.4 is 9.62 Å². The number of hydrogen-bond acceptors (Lipinski definition) is 4. The smallest absolute Gasteiger partial charge is 0.244 e. The van der Waals surface area contributed by atoms with Crippen LogP contribution in [0.1, 0.15) is 43.7 Å². The zero-order valence-corrected chi connectivity index (χ0v) is 22.5. The van der Waals surface area contributed by atoms with Gasteiger partial charge in [0, 0.05) is 17.6 Å². The van der Waals surface area contributed by atoms with E-state index in [9.17, 15) is 18.0 Å². The summed E-state index contributed by atoms with van der Waals surface area (Å²) in [6.45, 7) is 3.25. The molecule has 35 heavy (non-hydrogen) atoms. The van der Waals surface area contributed by atoms with Gasteiger partial charge in [0.25, 0.3) is 0 Å². The molecule has 3 rings (SSSR count). The van der Waals surface area contributed by atoms with E-state index in [-0.39, 0.29) is 34.2 Å². The van der Waals surface area contributed by atoms with Crippen LogP contribution in [-0.4, -0.2) is 50.0 Å². The fourth-order valence-corrected chi connectivity index (χ4v) is 5.43. The third kappa shape index (κ3) is 7.35. The van der Waals surface area contributed by atoms with Crippen LogP contribution in [0.25, 0.3) is 0 Å². The Morgan fingerprint density at radius 3 is 2.31 bits per heavy atom. The Labute approximate surface area is 217 Å². The molecule has 1 fully saturated rings. The Hall–Kier alpha value is -2.29. The summed E-state index contributed by atoms with van der Waals surface area (Å²) in [7, 11) is -3.89. The largest absolute Gasteiger partial charge is 0.352 e. The van der Waals surface area contributed by atoms with Crippen LogP contribution >= 0.6 is 23.2 Å². The van der Waals surface area contributed by atoms with Crippen LogP contribution in [-0.2, 0) is 26.2 Å². The van der Waals surface area contributed by atoms with Crippen molar-refractivity contribution in [2.75, 3.05) is 17.1 Å². The first-order valence-corrected chi connectivity index (χ1v) is 14.1. The Morgan fingerprint density at radius 1 is 1.09 bits per heavy atom. The van der Waals surface area contributed by atoms with E-state index in [1.54, 1.807) is 6.92 Å². The Morgan fingerprint density at radius 2 is 1.71 bits per heavy atom. The van der Waals surface area contributed by atoms with Crippen molar-refractivity contribution in [3.63, 3.8) is 0 Å². The third-order valence-corrected chi connectivity index (χ3v) is 7.88. The lowest BCUT2D eigenvalue weighted by Gasteiger charge is -2.32. The second-order valence-corrected chi connectivity index (χ2v) is 11.8. The molecule has 0 radical (unpaired) electrons. The van der Waals surface area contributed by atoms with E-state index in [4.69, 9.17) is 23.2 Å². The molecule has 190 valence electrons. The lowest BCUT2D eigenvalue weighted by atomic mass is 10.1. The van der Waals surface area contributed by atoms with Gasteiger partial charge in [-0.25, -0.2) is 8.42 Å². The topological polar surface area (TPSA) is 86.8 Å². The van der Waals surface area contributed by atoms with Crippen molar-refractivity contribution in [2.45, 2.75) is 58.2 Å². The van der Waals surface area contributed by atoms with E-state index < -0.39 is 28.5 Å². The number of carbonyl (C=O) groups excluding carboxylic acids is 2. The highest BCUT2D eigenvalue weighted by molar-refractivity contribution is 7.92. The summed E-state index contributed by atoms with van der Waals surface area (Å²) in [6, 6.07) is 11.3. The quantitative estimate of drug-likeness (QED) is 0.506. The molecule has 1 saturated carbocycles. The van der Waals surface area contributed by atoms with Crippen LogP contribution in [0.3, 0.4) is 0 Å². The van der Waals surface area contributed by atoms with Crippen LogP contribution in [0.5, 0.6) is 0 Å². The molecule has 2 aromatic rings. The van der Waals surface area contributed by atoms with Crippen molar-refractivity contribution >= 4 is 50.7 Å². The minimum atomic E-state index is -3.89. The highest BCUT2D eigenvalue weighted by Gasteiger charge is 2.32. The molecule has 0 spiro atoms. The molecule has 1 aliphatic carbocycles. The van der Waals surface area contributed by atoms with Gasteiger partial charge < -0.3 is 10.2 Å². The molecule has 2 aromatic carbocycles. The number of halogens is 2. The summed E-state index contributed by atoms with van der Waals surface area (Å²) in [5.74, 6) is -0.787. The molecule has 1 atom stereocenters. The third-order valence-electron chi connectivity index (χ3n) is 6.20. The lowest BCUT2D eigenvalue weighted by molar-refractivity contribution is -0.139. The number of rotatable bonds is 9. The van der Waals surface area contributed by atoms with E-state index in [0.29, 0.717) is 0 Å². The second-order valence-electron chi connectivity index (χ2n) is 9.04. The monoisotopic (exact) mass is 539 g/mol. The Kier molecular flexibility index (Phi) is 9.07. The standard InChI is InChI=1S/C25H31Cl2N3O4S/c1-17-8-10-19(11-9-17)15-29(18(2)25(32)28-21-6-4-5-7-21)24(31)16-30(35(3,33)34)23-14-20(26)12-13-22(23)27/h8-14,18,21H,4-7,15-16H2,1-3H3,(H,28,32)/t18-/m0/s1. The van der Waals surface area contributed by atoms with E-state index in [1.807, 2.05) is 31.2 Å². The average molecular weight is 541 g/mol. The van der Waals surface area contributed by atoms with Gasteiger partial charge in [-0.1, -0.05) is 65.9 Å². The van der Waals surface area contributed by atoms with Gasteiger partial charge in [0.1, 0.15) is 12.6 Å². The van der Waals surface area contributed by atoms with Crippen LogP contribution in [0.15, 0.2) is 42.5 Å². The van der Waals surface area contributed by atoms with Crippen molar-refractivity contribution < 1.29 is 18.0 Å². The van der Waals surface area contributed by atoms with Gasteiger partial charge in [-0.2, -0.15) is 0 Å². The molecule has 0 saturated heterocycles. The van der Waals surface area contributed by atoms with E-state index >= 15 is 0 Å².